The van der Waals surface area contributed by atoms with Gasteiger partial charge < -0.3 is 25.2 Å². The molecule has 3 N–H and O–H groups in total. The minimum Gasteiger partial charge on any atom is -0.460 e. The Bertz CT molecular complexity index is 425. The molecule has 1 aliphatic rings. The van der Waals surface area contributed by atoms with E-state index in [1.165, 1.54) is 4.90 Å². The van der Waals surface area contributed by atoms with Gasteiger partial charge in [-0.25, -0.2) is 4.79 Å². The van der Waals surface area contributed by atoms with E-state index in [0.717, 1.165) is 0 Å². The maximum atomic E-state index is 12.2. The lowest BCUT2D eigenvalue weighted by Gasteiger charge is -2.28. The highest BCUT2D eigenvalue weighted by molar-refractivity contribution is 5.77. The summed E-state index contributed by atoms with van der Waals surface area (Å²) in [4.78, 5) is 25.7. The van der Waals surface area contributed by atoms with E-state index in [0.29, 0.717) is 0 Å². The summed E-state index contributed by atoms with van der Waals surface area (Å²) in [6, 6.07) is -0.660. The van der Waals surface area contributed by atoms with E-state index in [-0.39, 0.29) is 13.1 Å². The van der Waals surface area contributed by atoms with E-state index in [2.05, 4.69) is 0 Å². The fourth-order valence-corrected chi connectivity index (χ4v) is 2.30. The Balaban J connectivity index is 2.86. The number of carbonyl (C=O) groups excluding carboxylic acids is 2. The van der Waals surface area contributed by atoms with Crippen LogP contribution in [0.2, 0.25) is 0 Å². The first-order chi connectivity index (χ1) is 9.85. The number of likely N-dealkylation sites (tertiary alicyclic amines) is 1. The van der Waals surface area contributed by atoms with Gasteiger partial charge in [-0.1, -0.05) is 0 Å². The third-order valence-corrected chi connectivity index (χ3v) is 3.18. The van der Waals surface area contributed by atoms with Crippen LogP contribution < -0.4 is 5.73 Å². The van der Waals surface area contributed by atoms with E-state index in [1.807, 2.05) is 0 Å². The van der Waals surface area contributed by atoms with Crippen molar-refractivity contribution in [2.24, 2.45) is 11.7 Å². The van der Waals surface area contributed by atoms with Crippen LogP contribution in [0.3, 0.4) is 0 Å². The maximum absolute atomic E-state index is 12.2. The fraction of sp³-hybridized carbons (Fsp3) is 0.867. The van der Waals surface area contributed by atoms with Crippen molar-refractivity contribution in [1.82, 2.24) is 4.90 Å². The monoisotopic (exact) mass is 316 g/mol. The highest BCUT2D eigenvalue weighted by Gasteiger charge is 2.48. The lowest BCUT2D eigenvalue weighted by molar-refractivity contribution is -0.162. The summed E-state index contributed by atoms with van der Waals surface area (Å²) < 4.78 is 10.6. The summed E-state index contributed by atoms with van der Waals surface area (Å²) in [6.45, 7) is 10.6. The summed E-state index contributed by atoms with van der Waals surface area (Å²) in [6.07, 6.45) is -1.65. The predicted molar refractivity (Wildman–Crippen MR) is 81.1 cm³/mol. The maximum Gasteiger partial charge on any atom is 0.410 e. The van der Waals surface area contributed by atoms with Gasteiger partial charge in [-0.05, 0) is 41.5 Å². The number of hydrogen-bond acceptors (Lipinski definition) is 6. The third kappa shape index (κ3) is 4.84. The average Bonchev–Trinajstić information content (AvgIpc) is 2.61. The predicted octanol–water partition coefficient (Wildman–Crippen LogP) is 0.883. The first kappa shape index (κ1) is 18.7. The largest absolute Gasteiger partial charge is 0.460 e. The van der Waals surface area contributed by atoms with Crippen molar-refractivity contribution in [2.75, 3.05) is 13.1 Å². The summed E-state index contributed by atoms with van der Waals surface area (Å²) in [5.74, 6) is -1.36. The molecular weight excluding hydrogens is 288 g/mol. The van der Waals surface area contributed by atoms with Gasteiger partial charge in [-0.15, -0.1) is 0 Å². The van der Waals surface area contributed by atoms with Crippen molar-refractivity contribution in [3.63, 3.8) is 0 Å². The van der Waals surface area contributed by atoms with Crippen molar-refractivity contribution < 1.29 is 24.2 Å². The Morgan fingerprint density at radius 1 is 1.14 bits per heavy atom. The van der Waals surface area contributed by atoms with Gasteiger partial charge >= 0.3 is 12.1 Å². The molecule has 0 bridgehead atoms. The summed E-state index contributed by atoms with van der Waals surface area (Å²) in [5, 5.41) is 10.3. The van der Waals surface area contributed by atoms with Crippen LogP contribution in [0.25, 0.3) is 0 Å². The molecule has 0 aliphatic carbocycles. The number of amides is 1. The van der Waals surface area contributed by atoms with Gasteiger partial charge in [0.1, 0.15) is 17.1 Å². The van der Waals surface area contributed by atoms with Crippen LogP contribution in [-0.2, 0) is 14.3 Å². The number of ether oxygens (including phenoxy) is 2. The number of carbonyl (C=O) groups is 2. The first-order valence-electron chi connectivity index (χ1n) is 7.46. The molecule has 1 amide bonds. The molecule has 0 aromatic carbocycles. The van der Waals surface area contributed by atoms with Crippen molar-refractivity contribution in [1.29, 1.82) is 0 Å². The van der Waals surface area contributed by atoms with E-state index in [9.17, 15) is 14.7 Å². The lowest BCUT2D eigenvalue weighted by atomic mass is 10.0. The van der Waals surface area contributed by atoms with Gasteiger partial charge in [0, 0.05) is 13.1 Å². The lowest BCUT2D eigenvalue weighted by Crippen LogP contribution is -2.46. The number of rotatable bonds is 2. The van der Waals surface area contributed by atoms with E-state index in [4.69, 9.17) is 15.2 Å². The van der Waals surface area contributed by atoms with Crippen molar-refractivity contribution in [2.45, 2.75) is 64.9 Å². The standard InChI is InChI=1S/C15H28N2O5/c1-14(2,3)21-12(19)9-8-17(10(7-16)11(9)18)13(20)22-15(4,5)6/h9-11,18H,7-8,16H2,1-6H3. The molecule has 3 atom stereocenters. The first-order valence-corrected chi connectivity index (χ1v) is 7.46. The van der Waals surface area contributed by atoms with Crippen LogP contribution in [0.5, 0.6) is 0 Å². The zero-order chi connectivity index (χ0) is 17.3. The topological polar surface area (TPSA) is 102 Å². The summed E-state index contributed by atoms with van der Waals surface area (Å²) in [7, 11) is 0. The number of hydrogen-bond donors (Lipinski definition) is 2. The molecule has 7 heteroatoms. The normalized spacial score (nSPS) is 26.0. The van der Waals surface area contributed by atoms with Crippen molar-refractivity contribution >= 4 is 12.1 Å². The zero-order valence-electron chi connectivity index (χ0n) is 14.3. The molecular formula is C15H28N2O5. The third-order valence-electron chi connectivity index (χ3n) is 3.18. The van der Waals surface area contributed by atoms with Gasteiger partial charge in [0.05, 0.1) is 12.1 Å². The Kier molecular flexibility index (Phi) is 5.46. The molecule has 0 saturated carbocycles. The summed E-state index contributed by atoms with van der Waals surface area (Å²) in [5.41, 5.74) is 4.32. The quantitative estimate of drug-likeness (QED) is 0.733. The second-order valence-corrected chi connectivity index (χ2v) is 7.57. The van der Waals surface area contributed by atoms with E-state index >= 15 is 0 Å². The van der Waals surface area contributed by atoms with Gasteiger partial charge in [-0.3, -0.25) is 4.79 Å². The average molecular weight is 316 g/mol. The van der Waals surface area contributed by atoms with Crippen LogP contribution in [0.4, 0.5) is 4.79 Å². The molecule has 1 rings (SSSR count). The molecule has 1 aliphatic heterocycles. The van der Waals surface area contributed by atoms with Crippen molar-refractivity contribution in [3.05, 3.63) is 0 Å². The molecule has 1 saturated heterocycles. The minimum absolute atomic E-state index is 0.0346. The molecule has 0 aromatic heterocycles. The Morgan fingerprint density at radius 3 is 2.05 bits per heavy atom. The van der Waals surface area contributed by atoms with E-state index in [1.54, 1.807) is 41.5 Å². The van der Waals surface area contributed by atoms with Crippen molar-refractivity contribution in [3.8, 4) is 0 Å². The molecule has 1 fully saturated rings. The fourth-order valence-electron chi connectivity index (χ4n) is 2.30. The Labute approximate surface area is 131 Å². The molecule has 0 spiro atoms. The molecule has 22 heavy (non-hydrogen) atoms. The van der Waals surface area contributed by atoms with Gasteiger partial charge in [0.2, 0.25) is 0 Å². The van der Waals surface area contributed by atoms with Crippen LogP contribution >= 0.6 is 0 Å². The van der Waals surface area contributed by atoms with Crippen LogP contribution in [0.15, 0.2) is 0 Å². The zero-order valence-corrected chi connectivity index (χ0v) is 14.3. The number of aliphatic hydroxyl groups excluding tert-OH is 1. The Morgan fingerprint density at radius 2 is 1.64 bits per heavy atom. The molecule has 3 unspecified atom stereocenters. The molecule has 128 valence electrons. The van der Waals surface area contributed by atoms with Gasteiger partial charge in [0.15, 0.2) is 0 Å². The number of esters is 1. The molecule has 1 heterocycles. The van der Waals surface area contributed by atoms with Gasteiger partial charge in [-0.2, -0.15) is 0 Å². The number of nitrogens with two attached hydrogens (primary N) is 1. The highest BCUT2D eigenvalue weighted by Crippen LogP contribution is 2.27. The smallest absolute Gasteiger partial charge is 0.410 e. The highest BCUT2D eigenvalue weighted by atomic mass is 16.6. The Hall–Kier alpha value is -1.34. The number of nitrogens with zero attached hydrogens (tertiary/aromatic N) is 1. The second-order valence-electron chi connectivity index (χ2n) is 7.57. The van der Waals surface area contributed by atoms with E-state index < -0.39 is 41.3 Å². The van der Waals surface area contributed by atoms with Crippen LogP contribution in [0.1, 0.15) is 41.5 Å². The molecule has 0 aromatic rings. The SMILES string of the molecule is CC(C)(C)OC(=O)C1CN(C(=O)OC(C)(C)C)C(CN)C1O. The molecule has 7 nitrogen and oxygen atoms in total. The summed E-state index contributed by atoms with van der Waals surface area (Å²) >= 11 is 0. The minimum atomic E-state index is -1.06. The van der Waals surface area contributed by atoms with Gasteiger partial charge in [0.25, 0.3) is 0 Å². The van der Waals surface area contributed by atoms with Crippen LogP contribution in [0, 0.1) is 5.92 Å². The number of aliphatic hydroxyl groups is 1. The molecule has 0 radical (unpaired) electrons. The second kappa shape index (κ2) is 6.42. The van der Waals surface area contributed by atoms with Crippen LogP contribution in [-0.4, -0.2) is 58.5 Å².